The zero-order valence-electron chi connectivity index (χ0n) is 20.0. The first-order chi connectivity index (χ1) is 17.0. The highest BCUT2D eigenvalue weighted by molar-refractivity contribution is 6.00. The Balaban J connectivity index is 1.22. The number of piperidine rings is 1. The zero-order chi connectivity index (χ0) is 24.5. The fourth-order valence-electron chi connectivity index (χ4n) is 4.13. The number of benzene rings is 2. The molecule has 2 aromatic carbocycles. The van der Waals surface area contributed by atoms with Crippen molar-refractivity contribution in [2.45, 2.75) is 32.2 Å². The van der Waals surface area contributed by atoms with Crippen LogP contribution in [0.25, 0.3) is 0 Å². The van der Waals surface area contributed by atoms with Crippen LogP contribution in [0.1, 0.15) is 24.0 Å². The Kier molecular flexibility index (Phi) is 8.30. The van der Waals surface area contributed by atoms with E-state index in [0.29, 0.717) is 17.1 Å². The molecular formula is C27H32N6O2. The molecule has 35 heavy (non-hydrogen) atoms. The van der Waals surface area contributed by atoms with Crippen LogP contribution in [0.5, 0.6) is 0 Å². The number of carbonyl (C=O) groups excluding carboxylic acids is 2. The van der Waals surface area contributed by atoms with Crippen LogP contribution < -0.4 is 21.3 Å². The molecule has 0 radical (unpaired) electrons. The van der Waals surface area contributed by atoms with Crippen LogP contribution >= 0.6 is 0 Å². The average molecular weight is 473 g/mol. The molecule has 4 N–H and O–H groups in total. The number of hydrogen-bond donors (Lipinski definition) is 4. The van der Waals surface area contributed by atoms with Crippen molar-refractivity contribution in [2.75, 3.05) is 35.6 Å². The lowest BCUT2D eigenvalue weighted by Gasteiger charge is -2.32. The Bertz CT molecular complexity index is 1120. The Hall–Kier alpha value is -3.91. The van der Waals surface area contributed by atoms with Gasteiger partial charge in [0.25, 0.3) is 0 Å². The second-order valence-corrected chi connectivity index (χ2v) is 8.79. The van der Waals surface area contributed by atoms with Gasteiger partial charge in [-0.05, 0) is 73.7 Å². The van der Waals surface area contributed by atoms with Crippen molar-refractivity contribution in [3.05, 3.63) is 84.2 Å². The van der Waals surface area contributed by atoms with Crippen LogP contribution in [-0.2, 0) is 6.42 Å². The zero-order valence-corrected chi connectivity index (χ0v) is 20.0. The third kappa shape index (κ3) is 7.55. The SMILES string of the molecule is Cc1ccc(NC(=O)Nc2ccccc2)cc1NC(=O)NC1CCN(CCc2ccncc2)CC1. The van der Waals surface area contributed by atoms with E-state index in [0.717, 1.165) is 44.5 Å². The molecule has 4 amide bonds. The van der Waals surface area contributed by atoms with E-state index in [-0.39, 0.29) is 18.1 Å². The number of pyridine rings is 1. The van der Waals surface area contributed by atoms with E-state index in [1.54, 1.807) is 6.07 Å². The molecule has 182 valence electrons. The third-order valence-electron chi connectivity index (χ3n) is 6.16. The predicted octanol–water partition coefficient (Wildman–Crippen LogP) is 4.86. The molecule has 1 fully saturated rings. The standard InChI is InChI=1S/C27H32N6O2/c1-20-7-8-24(31-26(34)29-22-5-3-2-4-6-22)19-25(20)32-27(35)30-23-12-17-33(18-13-23)16-11-21-9-14-28-15-10-21/h2-10,14-15,19,23H,11-13,16-18H2,1H3,(H2,29,31,34)(H2,30,32,35). The number of nitrogens with zero attached hydrogens (tertiary/aromatic N) is 2. The molecule has 0 bridgehead atoms. The Morgan fingerprint density at radius 1 is 0.886 bits per heavy atom. The van der Waals surface area contributed by atoms with Crippen LogP contribution in [-0.4, -0.2) is 47.6 Å². The van der Waals surface area contributed by atoms with Gasteiger partial charge in [-0.15, -0.1) is 0 Å². The lowest BCUT2D eigenvalue weighted by atomic mass is 10.0. The molecule has 0 saturated carbocycles. The summed E-state index contributed by atoms with van der Waals surface area (Å²) in [5.41, 5.74) is 4.18. The van der Waals surface area contributed by atoms with E-state index in [2.05, 4.69) is 43.3 Å². The minimum atomic E-state index is -0.342. The van der Waals surface area contributed by atoms with Crippen LogP contribution in [0, 0.1) is 6.92 Å². The summed E-state index contributed by atoms with van der Waals surface area (Å²) in [5, 5.41) is 11.6. The molecule has 1 aromatic heterocycles. The smallest absolute Gasteiger partial charge is 0.323 e. The van der Waals surface area contributed by atoms with Crippen molar-refractivity contribution in [3.63, 3.8) is 0 Å². The first-order valence-electron chi connectivity index (χ1n) is 12.0. The summed E-state index contributed by atoms with van der Waals surface area (Å²) < 4.78 is 0. The summed E-state index contributed by atoms with van der Waals surface area (Å²) in [6.07, 6.45) is 6.51. The highest BCUT2D eigenvalue weighted by Gasteiger charge is 2.20. The summed E-state index contributed by atoms with van der Waals surface area (Å²) in [5.74, 6) is 0. The fourth-order valence-corrected chi connectivity index (χ4v) is 4.13. The van der Waals surface area contributed by atoms with E-state index in [4.69, 9.17) is 0 Å². The number of hydrogen-bond acceptors (Lipinski definition) is 4. The van der Waals surface area contributed by atoms with Crippen molar-refractivity contribution in [2.24, 2.45) is 0 Å². The van der Waals surface area contributed by atoms with Crippen molar-refractivity contribution in [3.8, 4) is 0 Å². The summed E-state index contributed by atoms with van der Waals surface area (Å²) >= 11 is 0. The number of nitrogens with one attached hydrogen (secondary N) is 4. The topological polar surface area (TPSA) is 98.4 Å². The van der Waals surface area contributed by atoms with Crippen molar-refractivity contribution >= 4 is 29.1 Å². The van der Waals surface area contributed by atoms with Gasteiger partial charge in [0.2, 0.25) is 0 Å². The number of para-hydroxylation sites is 1. The van der Waals surface area contributed by atoms with E-state index < -0.39 is 0 Å². The minimum absolute atomic E-state index is 0.144. The Morgan fingerprint density at radius 2 is 1.60 bits per heavy atom. The van der Waals surface area contributed by atoms with Crippen molar-refractivity contribution in [1.29, 1.82) is 0 Å². The van der Waals surface area contributed by atoms with Crippen LogP contribution in [0.2, 0.25) is 0 Å². The van der Waals surface area contributed by atoms with E-state index >= 15 is 0 Å². The molecule has 0 unspecified atom stereocenters. The second-order valence-electron chi connectivity index (χ2n) is 8.79. The van der Waals surface area contributed by atoms with Gasteiger partial charge in [0, 0.05) is 55.1 Å². The molecular weight excluding hydrogens is 440 g/mol. The van der Waals surface area contributed by atoms with Gasteiger partial charge in [-0.2, -0.15) is 0 Å². The van der Waals surface area contributed by atoms with Crippen LogP contribution in [0.3, 0.4) is 0 Å². The average Bonchev–Trinajstić information content (AvgIpc) is 2.87. The van der Waals surface area contributed by atoms with Gasteiger partial charge >= 0.3 is 12.1 Å². The third-order valence-corrected chi connectivity index (χ3v) is 6.16. The highest BCUT2D eigenvalue weighted by Crippen LogP contribution is 2.21. The maximum atomic E-state index is 12.7. The minimum Gasteiger partial charge on any atom is -0.335 e. The number of aryl methyl sites for hydroxylation is 1. The molecule has 1 saturated heterocycles. The number of likely N-dealkylation sites (tertiary alicyclic amines) is 1. The van der Waals surface area contributed by atoms with Gasteiger partial charge in [-0.3, -0.25) is 4.98 Å². The number of anilines is 3. The Morgan fingerprint density at radius 3 is 2.34 bits per heavy atom. The maximum absolute atomic E-state index is 12.7. The lowest BCUT2D eigenvalue weighted by molar-refractivity contribution is 0.197. The van der Waals surface area contributed by atoms with Gasteiger partial charge in [0.15, 0.2) is 0 Å². The molecule has 8 heteroatoms. The molecule has 1 aliphatic heterocycles. The van der Waals surface area contributed by atoms with Gasteiger partial charge in [-0.1, -0.05) is 24.3 Å². The summed E-state index contributed by atoms with van der Waals surface area (Å²) in [7, 11) is 0. The number of amides is 4. The van der Waals surface area contributed by atoms with Gasteiger partial charge < -0.3 is 26.2 Å². The molecule has 1 aliphatic rings. The van der Waals surface area contributed by atoms with Crippen LogP contribution in [0.15, 0.2) is 73.1 Å². The summed E-state index contributed by atoms with van der Waals surface area (Å²) in [4.78, 5) is 31.5. The Labute approximate surface area is 206 Å². The number of urea groups is 2. The summed E-state index contributed by atoms with van der Waals surface area (Å²) in [6.45, 7) is 4.86. The monoisotopic (exact) mass is 472 g/mol. The van der Waals surface area contributed by atoms with Gasteiger partial charge in [0.1, 0.15) is 0 Å². The van der Waals surface area contributed by atoms with E-state index in [1.807, 2.05) is 61.8 Å². The molecule has 4 rings (SSSR count). The highest BCUT2D eigenvalue weighted by atomic mass is 16.2. The normalized spacial score (nSPS) is 14.2. The molecule has 8 nitrogen and oxygen atoms in total. The molecule has 3 aromatic rings. The van der Waals surface area contributed by atoms with Crippen molar-refractivity contribution < 1.29 is 9.59 Å². The largest absolute Gasteiger partial charge is 0.335 e. The van der Waals surface area contributed by atoms with E-state index in [1.165, 1.54) is 5.56 Å². The van der Waals surface area contributed by atoms with Gasteiger partial charge in [0.05, 0.1) is 0 Å². The van der Waals surface area contributed by atoms with E-state index in [9.17, 15) is 9.59 Å². The summed E-state index contributed by atoms with van der Waals surface area (Å²) in [6, 6.07) is 18.4. The number of carbonyl (C=O) groups is 2. The quantitative estimate of drug-likeness (QED) is 0.395. The first kappa shape index (κ1) is 24.2. The first-order valence-corrected chi connectivity index (χ1v) is 12.0. The molecule has 0 spiro atoms. The molecule has 2 heterocycles. The number of aromatic nitrogens is 1. The lowest BCUT2D eigenvalue weighted by Crippen LogP contribution is -2.46. The fraction of sp³-hybridized carbons (Fsp3) is 0.296. The predicted molar refractivity (Wildman–Crippen MR) is 140 cm³/mol. The molecule has 0 aliphatic carbocycles. The van der Waals surface area contributed by atoms with Crippen molar-refractivity contribution in [1.82, 2.24) is 15.2 Å². The maximum Gasteiger partial charge on any atom is 0.323 e. The number of rotatable bonds is 7. The second kappa shape index (κ2) is 12.0. The van der Waals surface area contributed by atoms with Crippen LogP contribution in [0.4, 0.5) is 26.7 Å². The van der Waals surface area contributed by atoms with Gasteiger partial charge in [-0.25, -0.2) is 9.59 Å². The molecule has 0 atom stereocenters.